The highest BCUT2D eigenvalue weighted by Gasteiger charge is 2.31. The summed E-state index contributed by atoms with van der Waals surface area (Å²) in [7, 11) is 0. The van der Waals surface area contributed by atoms with Gasteiger partial charge >= 0.3 is 6.18 Å². The van der Waals surface area contributed by atoms with Crippen LogP contribution in [0.25, 0.3) is 0 Å². The van der Waals surface area contributed by atoms with Crippen LogP contribution in [0.3, 0.4) is 0 Å². The average molecular weight is 283 g/mol. The molecule has 1 unspecified atom stereocenters. The Morgan fingerprint density at radius 1 is 1.47 bits per heavy atom. The predicted octanol–water partition coefficient (Wildman–Crippen LogP) is 3.21. The maximum absolute atomic E-state index is 12.4. The van der Waals surface area contributed by atoms with Crippen LogP contribution >= 0.6 is 23.4 Å². The molecule has 2 rings (SSSR count). The Balaban J connectivity index is 2.14. The van der Waals surface area contributed by atoms with Gasteiger partial charge in [-0.3, -0.25) is 0 Å². The zero-order chi connectivity index (χ0) is 12.5. The highest BCUT2D eigenvalue weighted by atomic mass is 35.5. The third-order valence-corrected chi connectivity index (χ3v) is 4.11. The van der Waals surface area contributed by atoms with Crippen LogP contribution in [-0.2, 0) is 6.18 Å². The summed E-state index contributed by atoms with van der Waals surface area (Å²) in [5.41, 5.74) is -0.809. The normalized spacial score (nSPS) is 20.8. The van der Waals surface area contributed by atoms with Crippen molar-refractivity contribution in [2.75, 3.05) is 13.1 Å². The van der Waals surface area contributed by atoms with Crippen LogP contribution in [-0.4, -0.2) is 23.3 Å². The third-order valence-electron chi connectivity index (χ3n) is 2.43. The Bertz CT molecular complexity index is 405. The van der Waals surface area contributed by atoms with E-state index in [4.69, 9.17) is 11.6 Å². The topological polar surface area (TPSA) is 24.9 Å². The molecule has 1 atom stereocenters. The number of nitrogens with one attached hydrogen (secondary N) is 1. The third kappa shape index (κ3) is 3.26. The zero-order valence-electron chi connectivity index (χ0n) is 8.72. The molecule has 0 radical (unpaired) electrons. The van der Waals surface area contributed by atoms with Crippen molar-refractivity contribution in [3.05, 3.63) is 22.8 Å². The van der Waals surface area contributed by atoms with Gasteiger partial charge in [-0.2, -0.15) is 13.2 Å². The molecule has 0 spiro atoms. The van der Waals surface area contributed by atoms with Crippen molar-refractivity contribution in [2.45, 2.75) is 22.9 Å². The lowest BCUT2D eigenvalue weighted by Gasteiger charge is -2.11. The number of halogens is 4. The van der Waals surface area contributed by atoms with Crippen molar-refractivity contribution in [1.29, 1.82) is 0 Å². The molecule has 1 N–H and O–H groups in total. The van der Waals surface area contributed by atoms with Crippen LogP contribution in [0.1, 0.15) is 12.0 Å². The first-order valence-corrected chi connectivity index (χ1v) is 6.32. The van der Waals surface area contributed by atoms with E-state index < -0.39 is 11.7 Å². The van der Waals surface area contributed by atoms with Gasteiger partial charge in [-0.1, -0.05) is 11.6 Å². The molecule has 2 nitrogen and oxygen atoms in total. The summed E-state index contributed by atoms with van der Waals surface area (Å²) in [5.74, 6) is 0. The number of thioether (sulfide) groups is 1. The quantitative estimate of drug-likeness (QED) is 0.902. The van der Waals surface area contributed by atoms with Crippen LogP contribution in [0.15, 0.2) is 17.3 Å². The molecule has 0 bridgehead atoms. The summed E-state index contributed by atoms with van der Waals surface area (Å²) in [6, 6.07) is 0.930. The molecule has 1 saturated heterocycles. The minimum absolute atomic E-state index is 0.0664. The van der Waals surface area contributed by atoms with E-state index in [1.165, 1.54) is 11.8 Å². The molecule has 0 saturated carbocycles. The Labute approximate surface area is 106 Å². The van der Waals surface area contributed by atoms with E-state index >= 15 is 0 Å². The van der Waals surface area contributed by atoms with Crippen molar-refractivity contribution < 1.29 is 13.2 Å². The summed E-state index contributed by atoms with van der Waals surface area (Å²) >= 11 is 7.23. The average Bonchev–Trinajstić information content (AvgIpc) is 2.72. The summed E-state index contributed by atoms with van der Waals surface area (Å²) in [4.78, 5) is 3.79. The Morgan fingerprint density at radius 2 is 2.24 bits per heavy atom. The molecule has 2 heterocycles. The van der Waals surface area contributed by atoms with Crippen LogP contribution in [0, 0.1) is 0 Å². The summed E-state index contributed by atoms with van der Waals surface area (Å²) < 4.78 is 37.2. The molecule has 0 aromatic carbocycles. The lowest BCUT2D eigenvalue weighted by Crippen LogP contribution is -2.10. The van der Waals surface area contributed by atoms with E-state index in [0.29, 0.717) is 10.3 Å². The van der Waals surface area contributed by atoms with E-state index in [-0.39, 0.29) is 5.02 Å². The largest absolute Gasteiger partial charge is 0.417 e. The molecule has 1 aromatic heterocycles. The number of hydrogen-bond acceptors (Lipinski definition) is 3. The van der Waals surface area contributed by atoms with Crippen LogP contribution in [0.2, 0.25) is 5.02 Å². The van der Waals surface area contributed by atoms with Gasteiger partial charge in [0.05, 0.1) is 10.6 Å². The minimum Gasteiger partial charge on any atom is -0.316 e. The van der Waals surface area contributed by atoms with Gasteiger partial charge in [0, 0.05) is 18.0 Å². The smallest absolute Gasteiger partial charge is 0.316 e. The predicted molar refractivity (Wildman–Crippen MR) is 61.4 cm³/mol. The highest BCUT2D eigenvalue weighted by Crippen LogP contribution is 2.35. The molecule has 1 fully saturated rings. The highest BCUT2D eigenvalue weighted by molar-refractivity contribution is 8.00. The molecule has 1 aromatic rings. The second kappa shape index (κ2) is 5.04. The van der Waals surface area contributed by atoms with Gasteiger partial charge in [-0.25, -0.2) is 4.98 Å². The Hall–Kier alpha value is -0.460. The molecule has 17 heavy (non-hydrogen) atoms. The second-order valence-electron chi connectivity index (χ2n) is 3.74. The molecule has 1 aliphatic rings. The maximum Gasteiger partial charge on any atom is 0.417 e. The van der Waals surface area contributed by atoms with Gasteiger partial charge in [0.1, 0.15) is 5.03 Å². The van der Waals surface area contributed by atoms with Gasteiger partial charge < -0.3 is 5.32 Å². The van der Waals surface area contributed by atoms with Gasteiger partial charge in [-0.05, 0) is 19.0 Å². The number of alkyl halides is 3. The van der Waals surface area contributed by atoms with Gasteiger partial charge in [-0.15, -0.1) is 11.8 Å². The molecule has 7 heteroatoms. The van der Waals surface area contributed by atoms with Crippen LogP contribution < -0.4 is 5.32 Å². The van der Waals surface area contributed by atoms with E-state index in [1.807, 2.05) is 0 Å². The maximum atomic E-state index is 12.4. The zero-order valence-corrected chi connectivity index (χ0v) is 10.3. The van der Waals surface area contributed by atoms with E-state index in [0.717, 1.165) is 31.8 Å². The standard InChI is InChI=1S/C10H10ClF3N2S/c11-8-3-6(10(12,13)14)4-16-9(8)17-7-1-2-15-5-7/h3-4,7,15H,1-2,5H2. The van der Waals surface area contributed by atoms with Crippen molar-refractivity contribution in [3.8, 4) is 0 Å². The van der Waals surface area contributed by atoms with Crippen LogP contribution in [0.4, 0.5) is 13.2 Å². The van der Waals surface area contributed by atoms with Crippen LogP contribution in [0.5, 0.6) is 0 Å². The molecule has 94 valence electrons. The second-order valence-corrected chi connectivity index (χ2v) is 5.44. The molecular formula is C10H10ClF3N2S. The lowest BCUT2D eigenvalue weighted by atomic mass is 10.3. The fraction of sp³-hybridized carbons (Fsp3) is 0.500. The number of rotatable bonds is 2. The molecule has 0 aliphatic carbocycles. The van der Waals surface area contributed by atoms with Crippen molar-refractivity contribution in [2.24, 2.45) is 0 Å². The van der Waals surface area contributed by atoms with Gasteiger partial charge in [0.2, 0.25) is 0 Å². The summed E-state index contributed by atoms with van der Waals surface area (Å²) in [5, 5.41) is 4.04. The van der Waals surface area contributed by atoms with Crippen molar-refractivity contribution in [3.63, 3.8) is 0 Å². The Kier molecular flexibility index (Phi) is 3.85. The number of nitrogens with zero attached hydrogens (tertiary/aromatic N) is 1. The summed E-state index contributed by atoms with van der Waals surface area (Å²) in [6.07, 6.45) is -2.59. The fourth-order valence-corrected chi connectivity index (χ4v) is 2.89. The SMILES string of the molecule is FC(F)(F)c1cnc(SC2CCNC2)c(Cl)c1. The van der Waals surface area contributed by atoms with E-state index in [9.17, 15) is 13.2 Å². The monoisotopic (exact) mass is 282 g/mol. The first-order chi connectivity index (χ1) is 7.97. The molecular weight excluding hydrogens is 273 g/mol. The van der Waals surface area contributed by atoms with Crippen molar-refractivity contribution in [1.82, 2.24) is 10.3 Å². The minimum atomic E-state index is -4.39. The number of aromatic nitrogens is 1. The molecule has 1 aliphatic heterocycles. The summed E-state index contributed by atoms with van der Waals surface area (Å²) in [6.45, 7) is 1.76. The van der Waals surface area contributed by atoms with E-state index in [2.05, 4.69) is 10.3 Å². The first kappa shape index (κ1) is 13.0. The molecule has 0 amide bonds. The van der Waals surface area contributed by atoms with Gasteiger partial charge in [0.25, 0.3) is 0 Å². The fourth-order valence-electron chi connectivity index (χ4n) is 1.55. The number of pyridine rings is 1. The lowest BCUT2D eigenvalue weighted by molar-refractivity contribution is -0.137. The van der Waals surface area contributed by atoms with Gasteiger partial charge in [0.15, 0.2) is 0 Å². The number of hydrogen-bond donors (Lipinski definition) is 1. The van der Waals surface area contributed by atoms with Crippen molar-refractivity contribution >= 4 is 23.4 Å². The van der Waals surface area contributed by atoms with E-state index in [1.54, 1.807) is 0 Å². The first-order valence-electron chi connectivity index (χ1n) is 5.07. The Morgan fingerprint density at radius 3 is 2.76 bits per heavy atom.